The Morgan fingerprint density at radius 2 is 1.84 bits per heavy atom. The van der Waals surface area contributed by atoms with Crippen LogP contribution in [0.3, 0.4) is 0 Å². The van der Waals surface area contributed by atoms with Crippen LogP contribution in [-0.2, 0) is 0 Å². The second-order valence-electron chi connectivity index (χ2n) is 5.40. The van der Waals surface area contributed by atoms with Crippen LogP contribution in [0.15, 0.2) is 59.1 Å². The van der Waals surface area contributed by atoms with Gasteiger partial charge in [-0.15, -0.1) is 0 Å². The molecule has 0 N–H and O–H groups in total. The van der Waals surface area contributed by atoms with E-state index in [1.54, 1.807) is 12.1 Å². The van der Waals surface area contributed by atoms with Crippen LogP contribution in [0.1, 0.15) is 6.92 Å². The first kappa shape index (κ1) is 15.3. The van der Waals surface area contributed by atoms with E-state index in [2.05, 4.69) is 15.1 Å². The normalized spacial score (nSPS) is 11.0. The average Bonchev–Trinajstić information content (AvgIpc) is 3.12. The number of rotatable bonds is 4. The summed E-state index contributed by atoms with van der Waals surface area (Å²) in [6.45, 7) is 2.36. The number of aromatic nitrogens is 3. The fourth-order valence-electron chi connectivity index (χ4n) is 2.55. The molecule has 6 heteroatoms. The first-order valence-corrected chi connectivity index (χ1v) is 7.87. The third kappa shape index (κ3) is 2.94. The molecule has 0 radical (unpaired) electrons. The number of hydrogen-bond donors (Lipinski definition) is 0. The Balaban J connectivity index is 1.81. The van der Waals surface area contributed by atoms with Gasteiger partial charge in [-0.3, -0.25) is 0 Å². The second kappa shape index (κ2) is 6.32. The minimum Gasteiger partial charge on any atom is -0.477 e. The van der Waals surface area contributed by atoms with Crippen molar-refractivity contribution in [3.63, 3.8) is 0 Å². The summed E-state index contributed by atoms with van der Waals surface area (Å²) in [5, 5.41) is 4.99. The maximum atomic E-state index is 13.1. The molecule has 4 aromatic rings. The minimum absolute atomic E-state index is 0.311. The lowest BCUT2D eigenvalue weighted by Gasteiger charge is -2.08. The third-order valence-corrected chi connectivity index (χ3v) is 3.73. The van der Waals surface area contributed by atoms with Gasteiger partial charge in [-0.25, -0.2) is 9.37 Å². The molecule has 0 amide bonds. The van der Waals surface area contributed by atoms with E-state index >= 15 is 0 Å². The van der Waals surface area contributed by atoms with Gasteiger partial charge >= 0.3 is 0 Å². The molecule has 2 heterocycles. The largest absolute Gasteiger partial charge is 0.477 e. The molecule has 0 aliphatic heterocycles. The number of para-hydroxylation sites is 1. The summed E-state index contributed by atoms with van der Waals surface area (Å²) >= 11 is 0. The third-order valence-electron chi connectivity index (χ3n) is 3.73. The molecule has 0 saturated carbocycles. The lowest BCUT2D eigenvalue weighted by molar-refractivity contribution is 0.329. The van der Waals surface area contributed by atoms with E-state index < -0.39 is 0 Å². The topological polar surface area (TPSA) is 61.0 Å². The molecule has 0 fully saturated rings. The smallest absolute Gasteiger partial charge is 0.258 e. The summed E-state index contributed by atoms with van der Waals surface area (Å²) in [7, 11) is 0. The average molecular weight is 335 g/mol. The second-order valence-corrected chi connectivity index (χ2v) is 5.40. The van der Waals surface area contributed by atoms with Crippen molar-refractivity contribution in [2.45, 2.75) is 6.92 Å². The summed E-state index contributed by atoms with van der Waals surface area (Å²) in [4.78, 5) is 8.95. The lowest BCUT2D eigenvalue weighted by atomic mass is 10.1. The van der Waals surface area contributed by atoms with Crippen LogP contribution in [0.25, 0.3) is 33.7 Å². The van der Waals surface area contributed by atoms with Crippen molar-refractivity contribution in [3.05, 3.63) is 60.4 Å². The molecule has 124 valence electrons. The number of pyridine rings is 1. The molecule has 0 spiro atoms. The Morgan fingerprint density at radius 1 is 1.04 bits per heavy atom. The molecule has 4 rings (SSSR count). The van der Waals surface area contributed by atoms with Crippen LogP contribution in [0.5, 0.6) is 5.88 Å². The molecular weight excluding hydrogens is 321 g/mol. The fraction of sp³-hybridized carbons (Fsp3) is 0.105. The van der Waals surface area contributed by atoms with Crippen LogP contribution in [0.4, 0.5) is 4.39 Å². The number of ether oxygens (including phenoxy) is 1. The molecule has 0 aliphatic carbocycles. The zero-order valence-electron chi connectivity index (χ0n) is 13.4. The zero-order chi connectivity index (χ0) is 17.2. The Hall–Kier alpha value is -3.28. The summed E-state index contributed by atoms with van der Waals surface area (Å²) < 4.78 is 24.0. The molecule has 0 unspecified atom stereocenters. The zero-order valence-corrected chi connectivity index (χ0v) is 13.4. The van der Waals surface area contributed by atoms with Gasteiger partial charge < -0.3 is 9.26 Å². The van der Waals surface area contributed by atoms with Crippen LogP contribution in [0.2, 0.25) is 0 Å². The van der Waals surface area contributed by atoms with Crippen LogP contribution < -0.4 is 4.74 Å². The van der Waals surface area contributed by atoms with Gasteiger partial charge in [-0.05, 0) is 43.3 Å². The highest BCUT2D eigenvalue weighted by molar-refractivity contribution is 5.85. The summed E-state index contributed by atoms with van der Waals surface area (Å²) in [6.07, 6.45) is 0. The molecule has 0 atom stereocenters. The Bertz CT molecular complexity index is 1030. The minimum atomic E-state index is -0.319. The van der Waals surface area contributed by atoms with E-state index in [4.69, 9.17) is 9.26 Å². The SMILES string of the molecule is CCOc1nc2ccccc2cc1-c1noc(-c2ccc(F)cc2)n1. The predicted octanol–water partition coefficient (Wildman–Crippen LogP) is 4.49. The van der Waals surface area contributed by atoms with E-state index in [1.807, 2.05) is 37.3 Å². The lowest BCUT2D eigenvalue weighted by Crippen LogP contribution is -1.98. The summed E-state index contributed by atoms with van der Waals surface area (Å²) in [6, 6.07) is 15.5. The van der Waals surface area contributed by atoms with E-state index in [9.17, 15) is 4.39 Å². The van der Waals surface area contributed by atoms with Crippen molar-refractivity contribution in [3.8, 4) is 28.7 Å². The van der Waals surface area contributed by atoms with E-state index in [0.717, 1.165) is 10.9 Å². The highest BCUT2D eigenvalue weighted by atomic mass is 19.1. The van der Waals surface area contributed by atoms with E-state index in [1.165, 1.54) is 12.1 Å². The maximum Gasteiger partial charge on any atom is 0.258 e. The monoisotopic (exact) mass is 335 g/mol. The van der Waals surface area contributed by atoms with Gasteiger partial charge in [-0.2, -0.15) is 4.98 Å². The molecule has 0 aliphatic rings. The first-order chi connectivity index (χ1) is 12.2. The van der Waals surface area contributed by atoms with Crippen LogP contribution >= 0.6 is 0 Å². The van der Waals surface area contributed by atoms with Crippen LogP contribution in [-0.4, -0.2) is 21.7 Å². The van der Waals surface area contributed by atoms with Crippen molar-refractivity contribution < 1.29 is 13.7 Å². The van der Waals surface area contributed by atoms with Gasteiger partial charge in [0, 0.05) is 10.9 Å². The molecular formula is C19H14FN3O2. The van der Waals surface area contributed by atoms with E-state index in [0.29, 0.717) is 35.3 Å². The van der Waals surface area contributed by atoms with Crippen molar-refractivity contribution in [2.24, 2.45) is 0 Å². The number of hydrogen-bond acceptors (Lipinski definition) is 5. The molecule has 0 saturated heterocycles. The quantitative estimate of drug-likeness (QED) is 0.550. The molecule has 25 heavy (non-hydrogen) atoms. The first-order valence-electron chi connectivity index (χ1n) is 7.87. The van der Waals surface area contributed by atoms with Gasteiger partial charge in [0.25, 0.3) is 5.89 Å². The molecule has 0 bridgehead atoms. The Labute approximate surface area is 143 Å². The molecule has 2 aromatic carbocycles. The Kier molecular flexibility index (Phi) is 3.85. The van der Waals surface area contributed by atoms with Crippen molar-refractivity contribution in [1.82, 2.24) is 15.1 Å². The van der Waals surface area contributed by atoms with Gasteiger partial charge in [0.15, 0.2) is 0 Å². The van der Waals surface area contributed by atoms with Gasteiger partial charge in [-0.1, -0.05) is 23.4 Å². The highest BCUT2D eigenvalue weighted by Gasteiger charge is 2.17. The molecule has 5 nitrogen and oxygen atoms in total. The van der Waals surface area contributed by atoms with Crippen molar-refractivity contribution >= 4 is 10.9 Å². The summed E-state index contributed by atoms with van der Waals surface area (Å²) in [5.41, 5.74) is 2.13. The summed E-state index contributed by atoms with van der Waals surface area (Å²) in [5.74, 6) is 0.820. The van der Waals surface area contributed by atoms with Crippen molar-refractivity contribution in [1.29, 1.82) is 0 Å². The maximum absolute atomic E-state index is 13.1. The fourth-order valence-corrected chi connectivity index (χ4v) is 2.55. The standard InChI is InChI=1S/C19H14FN3O2/c1-2-24-19-15(11-13-5-3-4-6-16(13)21-19)17-22-18(25-23-17)12-7-9-14(20)10-8-12/h3-11H,2H2,1H3. The highest BCUT2D eigenvalue weighted by Crippen LogP contribution is 2.31. The number of fused-ring (bicyclic) bond motifs is 1. The number of halogens is 1. The molecule has 2 aromatic heterocycles. The predicted molar refractivity (Wildman–Crippen MR) is 91.6 cm³/mol. The van der Waals surface area contributed by atoms with Crippen molar-refractivity contribution in [2.75, 3.05) is 6.61 Å². The number of nitrogens with zero attached hydrogens (tertiary/aromatic N) is 3. The number of benzene rings is 2. The van der Waals surface area contributed by atoms with Gasteiger partial charge in [0.05, 0.1) is 17.7 Å². The van der Waals surface area contributed by atoms with Crippen LogP contribution in [0, 0.1) is 5.82 Å². The van der Waals surface area contributed by atoms with Gasteiger partial charge in [0.1, 0.15) is 5.82 Å². The van der Waals surface area contributed by atoms with E-state index in [-0.39, 0.29) is 5.82 Å². The Morgan fingerprint density at radius 3 is 2.64 bits per heavy atom. The van der Waals surface area contributed by atoms with Gasteiger partial charge in [0.2, 0.25) is 11.7 Å².